The van der Waals surface area contributed by atoms with Gasteiger partial charge in [-0.1, -0.05) is 59.6 Å². The first-order valence-electron chi connectivity index (χ1n) is 6.55. The van der Waals surface area contributed by atoms with Crippen molar-refractivity contribution in [2.45, 2.75) is 13.0 Å². The van der Waals surface area contributed by atoms with Crippen molar-refractivity contribution in [3.05, 3.63) is 75.8 Å². The summed E-state index contributed by atoms with van der Waals surface area (Å²) in [6.45, 7) is 1.94. The van der Waals surface area contributed by atoms with Crippen molar-refractivity contribution < 1.29 is 4.79 Å². The molecule has 2 rings (SSSR count). The Balaban J connectivity index is 2.00. The molecule has 1 atom stereocenters. The molecule has 0 fully saturated rings. The number of hydrogen-bond acceptors (Lipinski definition) is 1. The van der Waals surface area contributed by atoms with Gasteiger partial charge in [0.15, 0.2) is 0 Å². The lowest BCUT2D eigenvalue weighted by molar-refractivity contribution is -0.117. The second-order valence-electron chi connectivity index (χ2n) is 4.64. The molecule has 108 valence electrons. The predicted molar refractivity (Wildman–Crippen MR) is 88.5 cm³/mol. The lowest BCUT2D eigenvalue weighted by Crippen LogP contribution is -2.24. The summed E-state index contributed by atoms with van der Waals surface area (Å²) < 4.78 is 0. The van der Waals surface area contributed by atoms with Gasteiger partial charge >= 0.3 is 0 Å². The predicted octanol–water partition coefficient (Wildman–Crippen LogP) is 4.88. The van der Waals surface area contributed by atoms with E-state index in [0.717, 1.165) is 11.1 Å². The van der Waals surface area contributed by atoms with Crippen LogP contribution in [-0.2, 0) is 4.79 Å². The summed E-state index contributed by atoms with van der Waals surface area (Å²) in [7, 11) is 0. The lowest BCUT2D eigenvalue weighted by atomic mass is 10.1. The van der Waals surface area contributed by atoms with E-state index in [-0.39, 0.29) is 11.9 Å². The van der Waals surface area contributed by atoms with E-state index in [1.54, 1.807) is 24.3 Å². The second kappa shape index (κ2) is 7.30. The first-order valence-corrected chi connectivity index (χ1v) is 7.30. The maximum Gasteiger partial charge on any atom is 0.244 e. The smallest absolute Gasteiger partial charge is 0.244 e. The van der Waals surface area contributed by atoms with Crippen LogP contribution in [0.4, 0.5) is 0 Å². The highest BCUT2D eigenvalue weighted by Gasteiger charge is 2.06. The molecule has 0 bridgehead atoms. The van der Waals surface area contributed by atoms with Crippen molar-refractivity contribution in [3.63, 3.8) is 0 Å². The summed E-state index contributed by atoms with van der Waals surface area (Å²) in [5.74, 6) is -0.169. The third-order valence-electron chi connectivity index (χ3n) is 3.04. The summed E-state index contributed by atoms with van der Waals surface area (Å²) in [6, 6.07) is 14.9. The molecule has 0 saturated carbocycles. The Labute approximate surface area is 134 Å². The fourth-order valence-electron chi connectivity index (χ4n) is 1.89. The van der Waals surface area contributed by atoms with Crippen LogP contribution in [0.15, 0.2) is 54.6 Å². The fraction of sp³-hybridized carbons (Fsp3) is 0.118. The Hall–Kier alpha value is -1.77. The number of carbonyl (C=O) groups excluding carboxylic acids is 1. The summed E-state index contributed by atoms with van der Waals surface area (Å²) in [4.78, 5) is 11.9. The third-order valence-corrected chi connectivity index (χ3v) is 3.60. The van der Waals surface area contributed by atoms with Crippen LogP contribution in [-0.4, -0.2) is 5.91 Å². The van der Waals surface area contributed by atoms with E-state index in [4.69, 9.17) is 23.2 Å². The zero-order valence-corrected chi connectivity index (χ0v) is 13.0. The van der Waals surface area contributed by atoms with Crippen molar-refractivity contribution in [3.8, 4) is 0 Å². The van der Waals surface area contributed by atoms with Gasteiger partial charge in [-0.05, 0) is 36.3 Å². The molecule has 2 aromatic carbocycles. The minimum Gasteiger partial charge on any atom is -0.346 e. The molecule has 2 nitrogen and oxygen atoms in total. The Morgan fingerprint density at radius 3 is 2.52 bits per heavy atom. The number of halogens is 2. The van der Waals surface area contributed by atoms with Crippen molar-refractivity contribution >= 4 is 35.2 Å². The van der Waals surface area contributed by atoms with Crippen LogP contribution in [0.1, 0.15) is 24.1 Å². The van der Waals surface area contributed by atoms with Crippen molar-refractivity contribution in [1.29, 1.82) is 0 Å². The van der Waals surface area contributed by atoms with Crippen LogP contribution < -0.4 is 5.32 Å². The van der Waals surface area contributed by atoms with Crippen LogP contribution in [0.2, 0.25) is 10.0 Å². The number of hydrogen-bond donors (Lipinski definition) is 1. The lowest BCUT2D eigenvalue weighted by Gasteiger charge is -2.12. The zero-order chi connectivity index (χ0) is 15.2. The number of benzene rings is 2. The monoisotopic (exact) mass is 319 g/mol. The molecular weight excluding hydrogens is 305 g/mol. The average molecular weight is 320 g/mol. The third kappa shape index (κ3) is 4.62. The molecule has 0 aliphatic heterocycles. The quantitative estimate of drug-likeness (QED) is 0.799. The number of carbonyl (C=O) groups is 1. The van der Waals surface area contributed by atoms with Crippen LogP contribution in [0.5, 0.6) is 0 Å². The van der Waals surface area contributed by atoms with Gasteiger partial charge in [0, 0.05) is 16.1 Å². The van der Waals surface area contributed by atoms with Gasteiger partial charge < -0.3 is 5.32 Å². The van der Waals surface area contributed by atoms with Crippen LogP contribution in [0.3, 0.4) is 0 Å². The largest absolute Gasteiger partial charge is 0.346 e. The summed E-state index contributed by atoms with van der Waals surface area (Å²) in [6.07, 6.45) is 3.14. The molecule has 1 amide bonds. The van der Waals surface area contributed by atoms with Gasteiger partial charge in [0.2, 0.25) is 5.91 Å². The summed E-state index contributed by atoms with van der Waals surface area (Å²) in [5.41, 5.74) is 1.81. The zero-order valence-electron chi connectivity index (χ0n) is 11.5. The minimum absolute atomic E-state index is 0.0518. The highest BCUT2D eigenvalue weighted by atomic mass is 35.5. The molecule has 4 heteroatoms. The molecule has 1 N–H and O–H groups in total. The van der Waals surface area contributed by atoms with Crippen LogP contribution in [0, 0.1) is 0 Å². The van der Waals surface area contributed by atoms with Crippen LogP contribution >= 0.6 is 23.2 Å². The van der Waals surface area contributed by atoms with E-state index >= 15 is 0 Å². The standard InChI is InChI=1S/C17H15Cl2NO/c1-12(13-5-3-2-4-6-13)20-17(21)10-8-14-7-9-15(18)11-16(14)19/h2-12H,1H3,(H,20,21). The Morgan fingerprint density at radius 2 is 1.86 bits per heavy atom. The molecular formula is C17H15Cl2NO. The highest BCUT2D eigenvalue weighted by Crippen LogP contribution is 2.22. The maximum absolute atomic E-state index is 11.9. The number of nitrogens with one attached hydrogen (secondary N) is 1. The first kappa shape index (κ1) is 15.6. The second-order valence-corrected chi connectivity index (χ2v) is 5.48. The topological polar surface area (TPSA) is 29.1 Å². The van der Waals surface area contributed by atoms with E-state index in [2.05, 4.69) is 5.32 Å². The van der Waals surface area contributed by atoms with Gasteiger partial charge in [-0.25, -0.2) is 0 Å². The van der Waals surface area contributed by atoms with Crippen LogP contribution in [0.25, 0.3) is 6.08 Å². The molecule has 0 heterocycles. The maximum atomic E-state index is 11.9. The molecule has 21 heavy (non-hydrogen) atoms. The van der Waals surface area contributed by atoms with Gasteiger partial charge in [0.1, 0.15) is 0 Å². The van der Waals surface area contributed by atoms with Gasteiger partial charge in [-0.3, -0.25) is 4.79 Å². The molecule has 0 aliphatic carbocycles. The number of rotatable bonds is 4. The SMILES string of the molecule is CC(NC(=O)C=Cc1ccc(Cl)cc1Cl)c1ccccc1. The van der Waals surface area contributed by atoms with Crippen molar-refractivity contribution in [1.82, 2.24) is 5.32 Å². The Bertz CT molecular complexity index is 653. The van der Waals surface area contributed by atoms with E-state index in [0.29, 0.717) is 10.0 Å². The molecule has 1 unspecified atom stereocenters. The Morgan fingerprint density at radius 1 is 1.14 bits per heavy atom. The van der Waals surface area contributed by atoms with Crippen molar-refractivity contribution in [2.24, 2.45) is 0 Å². The summed E-state index contributed by atoms with van der Waals surface area (Å²) in [5, 5.41) is 3.99. The summed E-state index contributed by atoms with van der Waals surface area (Å²) >= 11 is 11.9. The molecule has 0 aromatic heterocycles. The molecule has 0 aliphatic rings. The molecule has 2 aromatic rings. The molecule has 0 spiro atoms. The normalized spacial score (nSPS) is 12.3. The minimum atomic E-state index is -0.169. The Kier molecular flexibility index (Phi) is 5.43. The first-order chi connectivity index (χ1) is 10.1. The molecule has 0 saturated heterocycles. The van der Waals surface area contributed by atoms with E-state index < -0.39 is 0 Å². The highest BCUT2D eigenvalue weighted by molar-refractivity contribution is 6.35. The average Bonchev–Trinajstić information content (AvgIpc) is 2.47. The van der Waals surface area contributed by atoms with Gasteiger partial charge in [-0.15, -0.1) is 0 Å². The number of amides is 1. The van der Waals surface area contributed by atoms with Gasteiger partial charge in [-0.2, -0.15) is 0 Å². The van der Waals surface area contributed by atoms with Gasteiger partial charge in [0.25, 0.3) is 0 Å². The molecule has 0 radical (unpaired) electrons. The van der Waals surface area contributed by atoms with Crippen molar-refractivity contribution in [2.75, 3.05) is 0 Å². The van der Waals surface area contributed by atoms with E-state index in [1.165, 1.54) is 6.08 Å². The van der Waals surface area contributed by atoms with E-state index in [9.17, 15) is 4.79 Å². The van der Waals surface area contributed by atoms with E-state index in [1.807, 2.05) is 37.3 Å². The fourth-order valence-corrected chi connectivity index (χ4v) is 2.36. The van der Waals surface area contributed by atoms with Gasteiger partial charge in [0.05, 0.1) is 6.04 Å².